The van der Waals surface area contributed by atoms with Gasteiger partial charge in [-0.05, 0) is 49.9 Å². The molecule has 7 atom stereocenters. The number of carbonyl (C=O) groups excluding carboxylic acids is 1. The van der Waals surface area contributed by atoms with Crippen molar-refractivity contribution >= 4 is 5.78 Å². The smallest absolute Gasteiger partial charge is 0.190 e. The first-order valence-electron chi connectivity index (χ1n) is 9.81. The molecular formula is C21H30O5. The molecule has 4 aliphatic carbocycles. The predicted molar refractivity (Wildman–Crippen MR) is 96.1 cm³/mol. The second-order valence-corrected chi connectivity index (χ2v) is 9.37. The third-order valence-electron chi connectivity index (χ3n) is 8.24. The molecule has 4 rings (SSSR count). The summed E-state index contributed by atoms with van der Waals surface area (Å²) in [5.41, 5.74) is -0.175. The standard InChI is InChI=1S/C21H30O5/c1-19-7-5-13(23)9-12(19)3-4-14-15-6-8-21(26,17(25)11-22)20(15,2)10-16(24)18(14)19/h3-4,13,15-16,18,22-24,26H,5-11H2,1-2H3/t13-,15-,16+,18+,19-,20-,21-/m0/s1. The van der Waals surface area contributed by atoms with E-state index in [0.717, 1.165) is 18.4 Å². The third-order valence-corrected chi connectivity index (χ3v) is 8.24. The molecule has 0 aliphatic heterocycles. The molecule has 4 aliphatic rings. The van der Waals surface area contributed by atoms with Crippen LogP contribution in [-0.2, 0) is 4.79 Å². The summed E-state index contributed by atoms with van der Waals surface area (Å²) in [7, 11) is 0. The monoisotopic (exact) mass is 362 g/mol. The van der Waals surface area contributed by atoms with Crippen LogP contribution in [-0.4, -0.2) is 50.6 Å². The van der Waals surface area contributed by atoms with Crippen molar-refractivity contribution in [2.24, 2.45) is 22.7 Å². The number of aliphatic hydroxyl groups is 4. The van der Waals surface area contributed by atoms with E-state index in [0.29, 0.717) is 25.7 Å². The Bertz CT molecular complexity index is 697. The molecule has 144 valence electrons. The van der Waals surface area contributed by atoms with Gasteiger partial charge in [0.1, 0.15) is 12.2 Å². The molecule has 0 aromatic rings. The summed E-state index contributed by atoms with van der Waals surface area (Å²) in [4.78, 5) is 12.3. The molecule has 3 saturated carbocycles. The van der Waals surface area contributed by atoms with Crippen molar-refractivity contribution in [1.29, 1.82) is 0 Å². The fraction of sp³-hybridized carbons (Fsp3) is 0.762. The maximum absolute atomic E-state index is 12.3. The van der Waals surface area contributed by atoms with E-state index >= 15 is 0 Å². The first kappa shape index (κ1) is 18.4. The van der Waals surface area contributed by atoms with Gasteiger partial charge in [0.25, 0.3) is 0 Å². The molecule has 0 unspecified atom stereocenters. The van der Waals surface area contributed by atoms with Crippen LogP contribution in [0.25, 0.3) is 0 Å². The number of rotatable bonds is 2. The number of carbonyl (C=O) groups is 1. The van der Waals surface area contributed by atoms with E-state index in [2.05, 4.69) is 19.1 Å². The van der Waals surface area contributed by atoms with Crippen molar-refractivity contribution < 1.29 is 25.2 Å². The highest BCUT2D eigenvalue weighted by molar-refractivity contribution is 5.89. The first-order chi connectivity index (χ1) is 12.2. The Balaban J connectivity index is 1.78. The lowest BCUT2D eigenvalue weighted by atomic mass is 9.49. The summed E-state index contributed by atoms with van der Waals surface area (Å²) in [5, 5.41) is 41.7. The number of fused-ring (bicyclic) bond motifs is 5. The summed E-state index contributed by atoms with van der Waals surface area (Å²) in [6.07, 6.45) is 6.80. The van der Waals surface area contributed by atoms with Gasteiger partial charge in [0.15, 0.2) is 5.78 Å². The van der Waals surface area contributed by atoms with E-state index < -0.39 is 29.5 Å². The Hall–Kier alpha value is -1.01. The van der Waals surface area contributed by atoms with E-state index in [1.165, 1.54) is 5.57 Å². The van der Waals surface area contributed by atoms with Crippen LogP contribution in [0, 0.1) is 22.7 Å². The Morgan fingerprint density at radius 3 is 2.62 bits per heavy atom. The lowest BCUT2D eigenvalue weighted by Crippen LogP contribution is -2.59. The Kier molecular flexibility index (Phi) is 4.05. The van der Waals surface area contributed by atoms with Crippen molar-refractivity contribution in [3.8, 4) is 0 Å². The van der Waals surface area contributed by atoms with Gasteiger partial charge in [-0.25, -0.2) is 0 Å². The molecule has 0 aromatic carbocycles. The average Bonchev–Trinajstić information content (AvgIpc) is 2.86. The van der Waals surface area contributed by atoms with Crippen molar-refractivity contribution in [3.05, 3.63) is 23.3 Å². The van der Waals surface area contributed by atoms with E-state index in [1.54, 1.807) is 0 Å². The fourth-order valence-electron chi connectivity index (χ4n) is 6.71. The van der Waals surface area contributed by atoms with Crippen molar-refractivity contribution in [3.63, 3.8) is 0 Å². The molecule has 4 N–H and O–H groups in total. The molecule has 5 nitrogen and oxygen atoms in total. The van der Waals surface area contributed by atoms with Gasteiger partial charge in [-0.3, -0.25) is 4.79 Å². The van der Waals surface area contributed by atoms with Gasteiger partial charge in [-0.1, -0.05) is 37.1 Å². The third kappa shape index (κ3) is 2.15. The lowest BCUT2D eigenvalue weighted by Gasteiger charge is -2.57. The van der Waals surface area contributed by atoms with Gasteiger partial charge >= 0.3 is 0 Å². The molecule has 0 spiro atoms. The first-order valence-corrected chi connectivity index (χ1v) is 9.81. The zero-order valence-corrected chi connectivity index (χ0v) is 15.6. The number of aliphatic hydroxyl groups excluding tert-OH is 3. The number of ketones is 1. The summed E-state index contributed by atoms with van der Waals surface area (Å²) >= 11 is 0. The molecule has 0 radical (unpaired) electrons. The SMILES string of the molecule is C[C@]12CC[C@H](O)CC1=CC=C1[C@@H]2[C@H](O)C[C@@]2(C)[C@H]1CC[C@]2(O)C(=O)CO. The molecule has 0 saturated heterocycles. The predicted octanol–water partition coefficient (Wildman–Crippen LogP) is 1.49. The largest absolute Gasteiger partial charge is 0.393 e. The van der Waals surface area contributed by atoms with E-state index in [4.69, 9.17) is 0 Å². The lowest BCUT2D eigenvalue weighted by molar-refractivity contribution is -0.162. The Morgan fingerprint density at radius 1 is 1.19 bits per heavy atom. The molecule has 0 aromatic heterocycles. The minimum absolute atomic E-state index is 0.0258. The van der Waals surface area contributed by atoms with Gasteiger partial charge in [-0.2, -0.15) is 0 Å². The van der Waals surface area contributed by atoms with Gasteiger partial charge in [0.05, 0.1) is 12.2 Å². The summed E-state index contributed by atoms with van der Waals surface area (Å²) in [6.45, 7) is 3.41. The van der Waals surface area contributed by atoms with Gasteiger partial charge < -0.3 is 20.4 Å². The van der Waals surface area contributed by atoms with Gasteiger partial charge in [0.2, 0.25) is 0 Å². The van der Waals surface area contributed by atoms with Crippen molar-refractivity contribution in [2.45, 2.75) is 70.2 Å². The number of hydrogen-bond donors (Lipinski definition) is 4. The minimum atomic E-state index is -1.58. The van der Waals surface area contributed by atoms with Gasteiger partial charge in [0, 0.05) is 11.3 Å². The minimum Gasteiger partial charge on any atom is -0.393 e. The van der Waals surface area contributed by atoms with E-state index in [-0.39, 0.29) is 23.4 Å². The second kappa shape index (κ2) is 5.74. The molecule has 0 amide bonds. The van der Waals surface area contributed by atoms with Crippen molar-refractivity contribution in [1.82, 2.24) is 0 Å². The summed E-state index contributed by atoms with van der Waals surface area (Å²) in [5.74, 6) is -0.537. The molecule has 5 heteroatoms. The topological polar surface area (TPSA) is 98.0 Å². The van der Waals surface area contributed by atoms with Crippen molar-refractivity contribution in [2.75, 3.05) is 6.61 Å². The van der Waals surface area contributed by atoms with E-state index in [1.807, 2.05) is 6.92 Å². The quantitative estimate of drug-likeness (QED) is 0.597. The van der Waals surface area contributed by atoms with Crippen LogP contribution in [0.15, 0.2) is 23.3 Å². The highest BCUT2D eigenvalue weighted by atomic mass is 16.3. The fourth-order valence-corrected chi connectivity index (χ4v) is 6.71. The van der Waals surface area contributed by atoms with Crippen LogP contribution in [0.5, 0.6) is 0 Å². The Labute approximate surface area is 154 Å². The number of Topliss-reactive ketones (excluding diaryl/α,β-unsaturated/α-hetero) is 1. The molecule has 26 heavy (non-hydrogen) atoms. The molecule has 3 fully saturated rings. The zero-order chi connectivity index (χ0) is 18.9. The van der Waals surface area contributed by atoms with Gasteiger partial charge in [-0.15, -0.1) is 0 Å². The molecule has 0 bridgehead atoms. The maximum atomic E-state index is 12.3. The number of allylic oxidation sites excluding steroid dienone is 2. The zero-order valence-electron chi connectivity index (χ0n) is 15.6. The van der Waals surface area contributed by atoms with Crippen LogP contribution in [0.4, 0.5) is 0 Å². The normalized spacial score (nSPS) is 50.2. The Morgan fingerprint density at radius 2 is 1.92 bits per heavy atom. The van der Waals surface area contributed by atoms with Crippen LogP contribution >= 0.6 is 0 Å². The molecule has 0 heterocycles. The second-order valence-electron chi connectivity index (χ2n) is 9.37. The highest BCUT2D eigenvalue weighted by Crippen LogP contribution is 2.65. The average molecular weight is 362 g/mol. The molecular weight excluding hydrogens is 332 g/mol. The number of hydrogen-bond acceptors (Lipinski definition) is 5. The maximum Gasteiger partial charge on any atom is 0.190 e. The van der Waals surface area contributed by atoms with E-state index in [9.17, 15) is 25.2 Å². The van der Waals surface area contributed by atoms with Crippen LogP contribution in [0.1, 0.15) is 52.4 Å². The van der Waals surface area contributed by atoms with Crippen LogP contribution < -0.4 is 0 Å². The summed E-state index contributed by atoms with van der Waals surface area (Å²) in [6, 6.07) is 0. The van der Waals surface area contributed by atoms with Crippen LogP contribution in [0.2, 0.25) is 0 Å². The highest BCUT2D eigenvalue weighted by Gasteiger charge is 2.66. The summed E-state index contributed by atoms with van der Waals surface area (Å²) < 4.78 is 0. The van der Waals surface area contributed by atoms with Crippen LogP contribution in [0.3, 0.4) is 0 Å².